The van der Waals surface area contributed by atoms with Crippen LogP contribution < -0.4 is 10.2 Å². The van der Waals surface area contributed by atoms with Crippen molar-refractivity contribution in [1.29, 1.82) is 0 Å². The second kappa shape index (κ2) is 11.5. The zero-order chi connectivity index (χ0) is 32.9. The molecule has 4 aromatic rings. The lowest BCUT2D eigenvalue weighted by Gasteiger charge is -2.41. The van der Waals surface area contributed by atoms with Gasteiger partial charge in [-0.15, -0.1) is 0 Å². The fourth-order valence-electron chi connectivity index (χ4n) is 4.60. The van der Waals surface area contributed by atoms with E-state index in [9.17, 15) is 65.8 Å². The van der Waals surface area contributed by atoms with E-state index in [0.29, 0.717) is 12.1 Å². The number of phenols is 7. The Bertz CT molecular complexity index is 1840. The van der Waals surface area contributed by atoms with Gasteiger partial charge in [-0.3, -0.25) is 4.79 Å². The molecule has 2 heterocycles. The summed E-state index contributed by atoms with van der Waals surface area (Å²) in [4.78, 5) is 25.6. The Morgan fingerprint density at radius 1 is 0.778 bits per heavy atom. The molecule has 5 rings (SSSR count). The van der Waals surface area contributed by atoms with Crippen LogP contribution in [0.4, 0.5) is 0 Å². The minimum Gasteiger partial charge on any atom is -0.508 e. The highest BCUT2D eigenvalue weighted by atomic mass is 16.7. The molecular weight excluding hydrogens is 608 g/mol. The van der Waals surface area contributed by atoms with Crippen LogP contribution >= 0.6 is 0 Å². The average Bonchev–Trinajstić information content (AvgIpc) is 2.98. The molecule has 11 N–H and O–H groups in total. The van der Waals surface area contributed by atoms with E-state index in [1.54, 1.807) is 0 Å². The molecule has 17 heteroatoms. The van der Waals surface area contributed by atoms with Crippen LogP contribution in [0, 0.1) is 0 Å². The number of phenolic OH excluding ortho intramolecular Hbond substituents is 7. The summed E-state index contributed by atoms with van der Waals surface area (Å²) < 4.78 is 21.7. The van der Waals surface area contributed by atoms with Crippen LogP contribution in [-0.4, -0.2) is 99.5 Å². The highest BCUT2D eigenvalue weighted by Crippen LogP contribution is 2.44. The number of carbonyl (C=O) groups excluding carboxylic acids is 1. The predicted octanol–water partition coefficient (Wildman–Crippen LogP) is 0.148. The number of carbonyl (C=O) groups is 1. The number of ether oxygens (including phenoxy) is 3. The molecule has 45 heavy (non-hydrogen) atoms. The minimum absolute atomic E-state index is 0.321. The third kappa shape index (κ3) is 5.47. The summed E-state index contributed by atoms with van der Waals surface area (Å²) >= 11 is 0. The third-order valence-electron chi connectivity index (χ3n) is 6.87. The summed E-state index contributed by atoms with van der Waals surface area (Å²) in [6, 6.07) is 4.97. The normalized spacial score (nSPS) is 21.4. The first-order valence-corrected chi connectivity index (χ1v) is 12.7. The third-order valence-corrected chi connectivity index (χ3v) is 6.87. The Kier molecular flexibility index (Phi) is 7.86. The Morgan fingerprint density at radius 3 is 2.07 bits per heavy atom. The van der Waals surface area contributed by atoms with Crippen molar-refractivity contribution in [3.05, 3.63) is 52.2 Å². The zero-order valence-corrected chi connectivity index (χ0v) is 22.4. The maximum atomic E-state index is 12.8. The van der Waals surface area contributed by atoms with Crippen LogP contribution in [-0.2, 0) is 9.47 Å². The van der Waals surface area contributed by atoms with Gasteiger partial charge in [-0.2, -0.15) is 0 Å². The van der Waals surface area contributed by atoms with E-state index < -0.39 is 117 Å². The molecule has 1 aromatic heterocycles. The van der Waals surface area contributed by atoms with Gasteiger partial charge in [-0.05, 0) is 24.3 Å². The maximum absolute atomic E-state index is 12.8. The molecule has 1 fully saturated rings. The average molecular weight is 632 g/mol. The standard InChI is InChI=1S/C28H24O17/c29-7-17-21(37)23(39)26(45-27(41)9-2-12(32)19(35)13(33)3-9)28(44-17)43-16-4-8(1-14(34)20(16)36)25-24(40)22(38)18-11(31)5-10(30)6-15(18)42-25/h1-6,17,21,23,26,28-37,39-40H,7H2/t17-,21+,23-,26+,28+/m0/s1. The molecule has 17 nitrogen and oxygen atoms in total. The summed E-state index contributed by atoms with van der Waals surface area (Å²) in [5, 5.41) is 111. The Labute approximate surface area is 249 Å². The van der Waals surface area contributed by atoms with Gasteiger partial charge in [-0.1, -0.05) is 0 Å². The van der Waals surface area contributed by atoms with E-state index in [1.165, 1.54) is 0 Å². The van der Waals surface area contributed by atoms with Gasteiger partial charge in [0, 0.05) is 17.7 Å². The first-order valence-electron chi connectivity index (χ1n) is 12.7. The number of hydrogen-bond donors (Lipinski definition) is 11. The second-order valence-corrected chi connectivity index (χ2v) is 9.85. The number of aliphatic hydroxyl groups excluding tert-OH is 3. The Hall–Kier alpha value is -5.62. The fourth-order valence-corrected chi connectivity index (χ4v) is 4.60. The molecule has 238 valence electrons. The largest absolute Gasteiger partial charge is 0.508 e. The number of esters is 1. The Morgan fingerprint density at radius 2 is 1.42 bits per heavy atom. The van der Waals surface area contributed by atoms with E-state index >= 15 is 0 Å². The van der Waals surface area contributed by atoms with Crippen LogP contribution in [0.5, 0.6) is 51.7 Å². The molecule has 0 amide bonds. The summed E-state index contributed by atoms with van der Waals surface area (Å²) in [5.41, 5.74) is -2.36. The molecule has 3 aromatic carbocycles. The van der Waals surface area contributed by atoms with E-state index in [0.717, 1.165) is 24.3 Å². The van der Waals surface area contributed by atoms with Gasteiger partial charge in [0.1, 0.15) is 40.8 Å². The summed E-state index contributed by atoms with van der Waals surface area (Å²) in [6.45, 7) is -0.883. The maximum Gasteiger partial charge on any atom is 0.339 e. The molecule has 0 saturated carbocycles. The number of rotatable bonds is 6. The predicted molar refractivity (Wildman–Crippen MR) is 145 cm³/mol. The van der Waals surface area contributed by atoms with Crippen molar-refractivity contribution < 1.29 is 79.6 Å². The molecule has 0 radical (unpaired) electrons. The molecule has 1 aliphatic rings. The van der Waals surface area contributed by atoms with Crippen molar-refractivity contribution in [3.8, 4) is 63.1 Å². The van der Waals surface area contributed by atoms with Crippen molar-refractivity contribution in [1.82, 2.24) is 0 Å². The minimum atomic E-state index is -2.02. The van der Waals surface area contributed by atoms with Gasteiger partial charge < -0.3 is 74.8 Å². The van der Waals surface area contributed by atoms with E-state index in [-0.39, 0.29) is 11.1 Å². The fraction of sp³-hybridized carbons (Fsp3) is 0.214. The monoisotopic (exact) mass is 632 g/mol. The first kappa shape index (κ1) is 30.8. The number of hydrogen-bond acceptors (Lipinski definition) is 17. The lowest BCUT2D eigenvalue weighted by atomic mass is 9.99. The Balaban J connectivity index is 1.54. The van der Waals surface area contributed by atoms with Crippen molar-refractivity contribution >= 4 is 16.9 Å². The highest BCUT2D eigenvalue weighted by Gasteiger charge is 2.48. The van der Waals surface area contributed by atoms with Crippen LogP contribution in [0.15, 0.2) is 45.6 Å². The summed E-state index contributed by atoms with van der Waals surface area (Å²) in [6.07, 6.45) is -9.35. The molecule has 0 bridgehead atoms. The van der Waals surface area contributed by atoms with Crippen molar-refractivity contribution in [2.24, 2.45) is 0 Å². The highest BCUT2D eigenvalue weighted by molar-refractivity contribution is 5.91. The van der Waals surface area contributed by atoms with Crippen molar-refractivity contribution in [2.75, 3.05) is 6.61 Å². The molecule has 0 unspecified atom stereocenters. The van der Waals surface area contributed by atoms with E-state index in [1.807, 2.05) is 0 Å². The quantitative estimate of drug-likeness (QED) is 0.0995. The van der Waals surface area contributed by atoms with Crippen molar-refractivity contribution in [2.45, 2.75) is 30.7 Å². The molecule has 0 aliphatic carbocycles. The zero-order valence-electron chi connectivity index (χ0n) is 22.4. The lowest BCUT2D eigenvalue weighted by Crippen LogP contribution is -2.61. The van der Waals surface area contributed by atoms with Gasteiger partial charge >= 0.3 is 5.97 Å². The first-order chi connectivity index (χ1) is 21.2. The summed E-state index contributed by atoms with van der Waals surface area (Å²) in [7, 11) is 0. The van der Waals surface area contributed by atoms with Crippen molar-refractivity contribution in [3.63, 3.8) is 0 Å². The topological polar surface area (TPSA) is 298 Å². The SMILES string of the molecule is O=C(O[C@H]1[C@H](Oc2cc(-c3oc4cc(O)cc(O)c4c(=O)c3O)cc(O)c2O)O[C@@H](CO)[C@@H](O)[C@@H]1O)c1cc(O)c(O)c(O)c1. The lowest BCUT2D eigenvalue weighted by molar-refractivity contribution is -0.276. The smallest absolute Gasteiger partial charge is 0.339 e. The summed E-state index contributed by atoms with van der Waals surface area (Å²) in [5.74, 6) is -9.55. The van der Waals surface area contributed by atoms with E-state index in [2.05, 4.69) is 0 Å². The number of fused-ring (bicyclic) bond motifs is 1. The van der Waals surface area contributed by atoms with Crippen LogP contribution in [0.1, 0.15) is 10.4 Å². The molecule has 5 atom stereocenters. The number of aromatic hydroxyl groups is 8. The molecule has 1 aliphatic heterocycles. The number of aliphatic hydroxyl groups is 3. The van der Waals surface area contributed by atoms with Gasteiger partial charge in [0.15, 0.2) is 40.6 Å². The molecular formula is C28H24O17. The molecule has 1 saturated heterocycles. The van der Waals surface area contributed by atoms with Gasteiger partial charge in [0.2, 0.25) is 23.2 Å². The van der Waals surface area contributed by atoms with Crippen LogP contribution in [0.3, 0.4) is 0 Å². The van der Waals surface area contributed by atoms with Crippen LogP contribution in [0.2, 0.25) is 0 Å². The van der Waals surface area contributed by atoms with Crippen LogP contribution in [0.25, 0.3) is 22.3 Å². The van der Waals surface area contributed by atoms with Gasteiger partial charge in [0.05, 0.1) is 12.2 Å². The molecule has 0 spiro atoms. The van der Waals surface area contributed by atoms with E-state index in [4.69, 9.17) is 18.6 Å². The van der Waals surface area contributed by atoms with Gasteiger partial charge in [-0.25, -0.2) is 4.79 Å². The second-order valence-electron chi connectivity index (χ2n) is 9.85. The van der Waals surface area contributed by atoms with Gasteiger partial charge in [0.25, 0.3) is 0 Å². The number of benzene rings is 3.